The van der Waals surface area contributed by atoms with Gasteiger partial charge in [0.2, 0.25) is 0 Å². The third-order valence-corrected chi connectivity index (χ3v) is 12.2. The molecule has 67 heavy (non-hydrogen) atoms. The Morgan fingerprint density at radius 1 is 0.493 bits per heavy atom. The van der Waals surface area contributed by atoms with Crippen molar-refractivity contribution >= 4 is 13.8 Å². The molecule has 12 nitrogen and oxygen atoms in total. The summed E-state index contributed by atoms with van der Waals surface area (Å²) in [6.45, 7) is 4.06. The molecule has 0 aromatic rings. The number of esters is 1. The summed E-state index contributed by atoms with van der Waals surface area (Å²) in [5.41, 5.74) is 0. The second-order valence-electron chi connectivity index (χ2n) is 17.3. The molecule has 1 aliphatic carbocycles. The van der Waals surface area contributed by atoms with Crippen LogP contribution in [0.1, 0.15) is 174 Å². The minimum Gasteiger partial charge on any atom is -0.457 e. The van der Waals surface area contributed by atoms with Crippen molar-refractivity contribution in [3.63, 3.8) is 0 Å². The van der Waals surface area contributed by atoms with Gasteiger partial charge in [-0.15, -0.1) is 0 Å². The number of hydrogen-bond donors (Lipinski definition) is 6. The molecule has 6 N–H and O–H groups in total. The number of aliphatic hydroxyl groups is 5. The van der Waals surface area contributed by atoms with Gasteiger partial charge in [-0.3, -0.25) is 13.8 Å². The molecule has 6 atom stereocenters. The van der Waals surface area contributed by atoms with E-state index in [1.165, 1.54) is 64.2 Å². The van der Waals surface area contributed by atoms with E-state index in [4.69, 9.17) is 18.5 Å². The quantitative estimate of drug-likeness (QED) is 0.0147. The SMILES string of the molecule is CC/C=C\C/C=C\C/C=C\C/C=C\C/C=C\C/C=C\C/C=C\CCCC(=O)OC(COCCCCCCCC/C=C\CCCCCCCCC)COP(=O)(O)OC1C(O)C(O)C(O)C(O)C1O. The molecule has 1 aliphatic rings. The van der Waals surface area contributed by atoms with Gasteiger partial charge in [-0.05, 0) is 89.9 Å². The summed E-state index contributed by atoms with van der Waals surface area (Å²) in [6.07, 6.45) is 47.6. The molecule has 1 rings (SSSR count). The largest absolute Gasteiger partial charge is 0.472 e. The number of carbonyl (C=O) groups excluding carboxylic acids is 1. The van der Waals surface area contributed by atoms with Crippen LogP contribution in [0, 0.1) is 0 Å². The van der Waals surface area contributed by atoms with Crippen LogP contribution in [-0.4, -0.2) is 98.9 Å². The third kappa shape index (κ3) is 35.1. The Kier molecular flexibility index (Phi) is 40.2. The Hall–Kier alpha value is -2.74. The number of aliphatic hydroxyl groups excluding tert-OH is 5. The van der Waals surface area contributed by atoms with Crippen molar-refractivity contribution in [2.45, 2.75) is 217 Å². The highest BCUT2D eigenvalue weighted by atomic mass is 31.2. The van der Waals surface area contributed by atoms with Crippen LogP contribution < -0.4 is 0 Å². The van der Waals surface area contributed by atoms with Crippen LogP contribution in [-0.2, 0) is 27.9 Å². The summed E-state index contributed by atoms with van der Waals surface area (Å²) in [6, 6.07) is 0. The van der Waals surface area contributed by atoms with Crippen LogP contribution in [0.25, 0.3) is 0 Å². The maximum absolute atomic E-state index is 12.8. The number of phosphoric ester groups is 1. The lowest BCUT2D eigenvalue weighted by molar-refractivity contribution is -0.220. The van der Waals surface area contributed by atoms with Crippen molar-refractivity contribution in [3.05, 3.63) is 97.2 Å². The summed E-state index contributed by atoms with van der Waals surface area (Å²) < 4.78 is 34.2. The molecule has 0 radical (unpaired) electrons. The van der Waals surface area contributed by atoms with Gasteiger partial charge in [0.1, 0.15) is 42.7 Å². The van der Waals surface area contributed by atoms with Crippen molar-refractivity contribution < 1.29 is 58.3 Å². The Labute approximate surface area is 404 Å². The molecule has 13 heteroatoms. The fourth-order valence-corrected chi connectivity index (χ4v) is 8.13. The highest BCUT2D eigenvalue weighted by molar-refractivity contribution is 7.47. The van der Waals surface area contributed by atoms with E-state index >= 15 is 0 Å². The molecular weight excluding hydrogens is 872 g/mol. The van der Waals surface area contributed by atoms with E-state index in [1.807, 2.05) is 12.2 Å². The standard InChI is InChI=1S/C54H91O12P/c1-3-5-7-9-11-13-15-17-19-21-22-23-24-25-26-27-29-31-33-35-37-39-41-43-48(55)65-47(46-64-67(61,62)66-54-52(59)50(57)49(56)51(58)53(54)60)45-63-44-42-40-38-36-34-32-30-28-20-18-16-14-12-10-8-6-4-2/h5,7,11,13,17,19-20,22-23,25-26,28-29,31,35,37,47,49-54,56-60H,3-4,6,8-10,12,14-16,18,21,24,27,30,32-34,36,38-46H2,1-2H3,(H,61,62)/b7-5-,13-11-,19-17-,23-22-,26-25-,28-20-,31-29-,37-35-. The minimum atomic E-state index is -5.05. The van der Waals surface area contributed by atoms with Crippen LogP contribution in [0.15, 0.2) is 97.2 Å². The first-order valence-electron chi connectivity index (χ1n) is 25.6. The second-order valence-corrected chi connectivity index (χ2v) is 18.7. The summed E-state index contributed by atoms with van der Waals surface area (Å²) >= 11 is 0. The number of carbonyl (C=O) groups is 1. The molecule has 0 aliphatic heterocycles. The topological polar surface area (TPSA) is 192 Å². The van der Waals surface area contributed by atoms with E-state index in [0.717, 1.165) is 77.0 Å². The first-order valence-corrected chi connectivity index (χ1v) is 27.1. The van der Waals surface area contributed by atoms with E-state index in [2.05, 4.69) is 98.9 Å². The average molecular weight is 963 g/mol. The van der Waals surface area contributed by atoms with Crippen molar-refractivity contribution in [1.82, 2.24) is 0 Å². The number of rotatable bonds is 42. The molecule has 0 saturated heterocycles. The number of allylic oxidation sites excluding steroid dienone is 16. The number of ether oxygens (including phenoxy) is 2. The van der Waals surface area contributed by atoms with Crippen LogP contribution in [0.4, 0.5) is 0 Å². The molecule has 0 spiro atoms. The normalized spacial score (nSPS) is 22.1. The first kappa shape index (κ1) is 62.3. The minimum absolute atomic E-state index is 0.0988. The van der Waals surface area contributed by atoms with E-state index in [-0.39, 0.29) is 13.0 Å². The van der Waals surface area contributed by atoms with Gasteiger partial charge in [-0.2, -0.15) is 0 Å². The number of phosphoric acid groups is 1. The highest BCUT2D eigenvalue weighted by Crippen LogP contribution is 2.47. The predicted molar refractivity (Wildman–Crippen MR) is 271 cm³/mol. The van der Waals surface area contributed by atoms with Crippen LogP contribution >= 0.6 is 7.82 Å². The fraction of sp³-hybridized carbons (Fsp3) is 0.685. The molecule has 0 bridgehead atoms. The Morgan fingerprint density at radius 2 is 0.881 bits per heavy atom. The summed E-state index contributed by atoms with van der Waals surface area (Å²) in [7, 11) is -5.05. The Balaban J connectivity index is 2.42. The molecule has 384 valence electrons. The van der Waals surface area contributed by atoms with Gasteiger partial charge in [0.05, 0.1) is 13.2 Å². The van der Waals surface area contributed by atoms with E-state index in [0.29, 0.717) is 19.4 Å². The zero-order valence-corrected chi connectivity index (χ0v) is 42.1. The van der Waals surface area contributed by atoms with Crippen molar-refractivity contribution in [3.8, 4) is 0 Å². The third-order valence-electron chi connectivity index (χ3n) is 11.2. The lowest BCUT2D eigenvalue weighted by Gasteiger charge is -2.41. The number of unbranched alkanes of at least 4 members (excludes halogenated alkanes) is 14. The van der Waals surface area contributed by atoms with Crippen LogP contribution in [0.5, 0.6) is 0 Å². The van der Waals surface area contributed by atoms with Gasteiger partial charge in [0.25, 0.3) is 0 Å². The van der Waals surface area contributed by atoms with E-state index in [1.54, 1.807) is 0 Å². The maximum Gasteiger partial charge on any atom is 0.472 e. The molecule has 1 fully saturated rings. The summed E-state index contributed by atoms with van der Waals surface area (Å²) in [5, 5.41) is 50.3. The fourth-order valence-electron chi connectivity index (χ4n) is 7.16. The predicted octanol–water partition coefficient (Wildman–Crippen LogP) is 11.5. The first-order chi connectivity index (χ1) is 32.5. The van der Waals surface area contributed by atoms with Crippen molar-refractivity contribution in [1.29, 1.82) is 0 Å². The van der Waals surface area contributed by atoms with Crippen molar-refractivity contribution in [2.24, 2.45) is 0 Å². The van der Waals surface area contributed by atoms with Gasteiger partial charge in [0.15, 0.2) is 0 Å². The summed E-state index contributed by atoms with van der Waals surface area (Å²) in [5.74, 6) is -0.540. The zero-order valence-electron chi connectivity index (χ0n) is 41.2. The molecule has 0 aromatic carbocycles. The Bertz CT molecular complexity index is 1470. The van der Waals surface area contributed by atoms with Crippen LogP contribution in [0.2, 0.25) is 0 Å². The zero-order chi connectivity index (χ0) is 49.1. The lowest BCUT2D eigenvalue weighted by atomic mass is 9.85. The number of hydrogen-bond acceptors (Lipinski definition) is 11. The lowest BCUT2D eigenvalue weighted by Crippen LogP contribution is -2.64. The van der Waals surface area contributed by atoms with E-state index < -0.39 is 63.1 Å². The van der Waals surface area contributed by atoms with E-state index in [9.17, 15) is 39.8 Å². The van der Waals surface area contributed by atoms with Gasteiger partial charge < -0.3 is 39.9 Å². The smallest absolute Gasteiger partial charge is 0.457 e. The van der Waals surface area contributed by atoms with Gasteiger partial charge in [-0.25, -0.2) is 4.57 Å². The van der Waals surface area contributed by atoms with Gasteiger partial charge in [0, 0.05) is 13.0 Å². The van der Waals surface area contributed by atoms with Gasteiger partial charge in [-0.1, -0.05) is 175 Å². The molecule has 0 aromatic heterocycles. The molecule has 1 saturated carbocycles. The van der Waals surface area contributed by atoms with Gasteiger partial charge >= 0.3 is 13.8 Å². The molecular formula is C54H91O12P. The Morgan fingerprint density at radius 3 is 1.36 bits per heavy atom. The molecule has 0 amide bonds. The molecule has 6 unspecified atom stereocenters. The van der Waals surface area contributed by atoms with Crippen LogP contribution in [0.3, 0.4) is 0 Å². The highest BCUT2D eigenvalue weighted by Gasteiger charge is 2.51. The average Bonchev–Trinajstić information content (AvgIpc) is 3.31. The van der Waals surface area contributed by atoms with Crippen molar-refractivity contribution in [2.75, 3.05) is 19.8 Å². The summed E-state index contributed by atoms with van der Waals surface area (Å²) in [4.78, 5) is 23.2. The monoisotopic (exact) mass is 963 g/mol. The maximum atomic E-state index is 12.8. The second kappa shape index (κ2) is 43.3. The molecule has 0 heterocycles.